The number of carbonyl (C=O) groups excluding carboxylic acids is 1. The fourth-order valence-electron chi connectivity index (χ4n) is 7.50. The maximum Gasteiger partial charge on any atom is 0.306 e. The highest BCUT2D eigenvalue weighted by Gasteiger charge is 2.47. The van der Waals surface area contributed by atoms with Crippen LogP contribution < -0.4 is 0 Å². The average Bonchev–Trinajstić information content (AvgIpc) is 3.41. The van der Waals surface area contributed by atoms with Crippen LogP contribution in [0, 0.1) is 0 Å². The van der Waals surface area contributed by atoms with Crippen molar-refractivity contribution in [1.29, 1.82) is 0 Å². The summed E-state index contributed by atoms with van der Waals surface area (Å²) in [6.07, 6.45) is 50.7. The van der Waals surface area contributed by atoms with Crippen molar-refractivity contribution in [3.8, 4) is 0 Å². The predicted octanol–water partition coefficient (Wildman–Crippen LogP) is 9.29. The second kappa shape index (κ2) is 46.0. The molecule has 11 unspecified atom stereocenters. The van der Waals surface area contributed by atoms with Gasteiger partial charge in [-0.15, -0.1) is 0 Å². The zero-order chi connectivity index (χ0) is 54.4. The highest BCUT2D eigenvalue weighted by atomic mass is 16.7. The van der Waals surface area contributed by atoms with Gasteiger partial charge in [-0.3, -0.25) is 4.79 Å². The average molecular weight is 1050 g/mol. The lowest BCUT2D eigenvalue weighted by Gasteiger charge is -2.42. The standard InChI is InChI=1S/C61H94O14/c1-3-5-7-9-11-13-15-17-19-21-22-23-24-25-26-27-28-29-30-32-34-36-38-40-42-44-53(63)73-50(47-70-45-43-41-39-37-35-33-31-20-18-16-14-12-10-8-6-4-2)48-71-60-59(69)57(67)55(65)52(75-60)49-72-61-58(68)56(66)54(64)51(46-62)74-61/h5-8,11-14,17-20,22-23,25-26,28-29,32-35,39,41,50-52,54-62,64-69H,3-4,9-10,15-16,21,24,27,30-31,36-38,40,42-49H2,1-2H3/b7-5-,8-6-,13-11-,14-12-,19-17-,20-18-,23-22-,26-25-,29-28-,34-32-,35-33-,41-39-. The maximum atomic E-state index is 13.0. The van der Waals surface area contributed by atoms with E-state index >= 15 is 0 Å². The molecule has 0 radical (unpaired) electrons. The zero-order valence-electron chi connectivity index (χ0n) is 45.0. The molecule has 75 heavy (non-hydrogen) atoms. The van der Waals surface area contributed by atoms with Gasteiger partial charge in [0.2, 0.25) is 0 Å². The van der Waals surface area contributed by atoms with Gasteiger partial charge in [-0.2, -0.15) is 0 Å². The molecule has 2 fully saturated rings. The first-order chi connectivity index (χ1) is 36.6. The van der Waals surface area contributed by atoms with Gasteiger partial charge in [0.05, 0.1) is 33.0 Å². The normalized spacial score (nSPS) is 25.8. The summed E-state index contributed by atoms with van der Waals surface area (Å²) in [5.74, 6) is -0.440. The smallest absolute Gasteiger partial charge is 0.306 e. The molecule has 11 atom stereocenters. The fraction of sp³-hybridized carbons (Fsp3) is 0.590. The Morgan fingerprint density at radius 3 is 1.27 bits per heavy atom. The number of unbranched alkanes of at least 4 members (excludes halogenated alkanes) is 3. The van der Waals surface area contributed by atoms with Crippen molar-refractivity contribution in [3.63, 3.8) is 0 Å². The number of aliphatic hydroxyl groups excluding tert-OH is 7. The third-order valence-electron chi connectivity index (χ3n) is 11.9. The van der Waals surface area contributed by atoms with Crippen LogP contribution in [0.5, 0.6) is 0 Å². The Bertz CT molecular complexity index is 1790. The molecule has 0 saturated carbocycles. The van der Waals surface area contributed by atoms with Crippen molar-refractivity contribution in [3.05, 3.63) is 146 Å². The Morgan fingerprint density at radius 2 is 0.827 bits per heavy atom. The van der Waals surface area contributed by atoms with Crippen molar-refractivity contribution < 1.29 is 69.0 Å². The summed E-state index contributed by atoms with van der Waals surface area (Å²) in [4.78, 5) is 13.0. The van der Waals surface area contributed by atoms with Crippen molar-refractivity contribution in [2.24, 2.45) is 0 Å². The Balaban J connectivity index is 1.79. The van der Waals surface area contributed by atoms with E-state index in [2.05, 4.69) is 154 Å². The molecule has 0 spiro atoms. The number of hydrogen-bond donors (Lipinski definition) is 7. The number of ether oxygens (including phenoxy) is 6. The summed E-state index contributed by atoms with van der Waals surface area (Å²) < 4.78 is 34.1. The lowest BCUT2D eigenvalue weighted by atomic mass is 9.98. The Hall–Kier alpha value is -4.13. The van der Waals surface area contributed by atoms with Crippen molar-refractivity contribution in [1.82, 2.24) is 0 Å². The van der Waals surface area contributed by atoms with Gasteiger partial charge in [-0.05, 0) is 103 Å². The van der Waals surface area contributed by atoms with E-state index in [-0.39, 0.29) is 19.6 Å². The molecular formula is C61H94O14. The van der Waals surface area contributed by atoms with Crippen LogP contribution in [0.15, 0.2) is 146 Å². The summed E-state index contributed by atoms with van der Waals surface area (Å²) in [5.41, 5.74) is 0. The molecule has 0 bridgehead atoms. The SMILES string of the molecule is CC/C=C\C/C=C\C/C=C\C/C=C\C/C=C\C/C=C\C/C=C\CCCCCC(=O)OC(COCC/C=C\C/C=C\C/C=C\C/C=C\C/C=C\CC)COC1OC(COC2OC(CO)C(O)C(O)C2O)C(O)C(O)C1O. The van der Waals surface area contributed by atoms with E-state index in [1.165, 1.54) is 0 Å². The van der Waals surface area contributed by atoms with Crippen LogP contribution in [-0.2, 0) is 33.2 Å². The number of allylic oxidation sites excluding steroid dienone is 23. The number of esters is 1. The van der Waals surface area contributed by atoms with Crippen molar-refractivity contribution in [2.75, 3.05) is 33.0 Å². The van der Waals surface area contributed by atoms with Crippen molar-refractivity contribution >= 4 is 5.97 Å². The Labute approximate surface area is 449 Å². The van der Waals surface area contributed by atoms with E-state index < -0.39 is 86.7 Å². The van der Waals surface area contributed by atoms with Crippen molar-refractivity contribution in [2.45, 2.75) is 197 Å². The summed E-state index contributed by atoms with van der Waals surface area (Å²) in [6, 6.07) is 0. The van der Waals surface area contributed by atoms with Gasteiger partial charge < -0.3 is 64.2 Å². The summed E-state index contributed by atoms with van der Waals surface area (Å²) >= 11 is 0. The fourth-order valence-corrected chi connectivity index (χ4v) is 7.50. The predicted molar refractivity (Wildman–Crippen MR) is 297 cm³/mol. The van der Waals surface area contributed by atoms with E-state index in [4.69, 9.17) is 28.4 Å². The summed E-state index contributed by atoms with van der Waals surface area (Å²) in [6.45, 7) is 3.14. The van der Waals surface area contributed by atoms with Crippen LogP contribution in [0.25, 0.3) is 0 Å². The molecule has 0 amide bonds. The molecular weight excluding hydrogens is 957 g/mol. The van der Waals surface area contributed by atoms with Crippen LogP contribution in [-0.4, -0.2) is 142 Å². The summed E-state index contributed by atoms with van der Waals surface area (Å²) in [5, 5.41) is 72.2. The van der Waals surface area contributed by atoms with E-state index in [1.807, 2.05) is 6.08 Å². The molecule has 7 N–H and O–H groups in total. The third kappa shape index (κ3) is 32.9. The van der Waals surface area contributed by atoms with Gasteiger partial charge in [0.25, 0.3) is 0 Å². The number of carbonyl (C=O) groups is 1. The van der Waals surface area contributed by atoms with Gasteiger partial charge in [-0.1, -0.05) is 166 Å². The van der Waals surface area contributed by atoms with Gasteiger partial charge in [0.1, 0.15) is 54.9 Å². The number of aliphatic hydroxyl groups is 7. The van der Waals surface area contributed by atoms with Gasteiger partial charge in [0.15, 0.2) is 12.6 Å². The lowest BCUT2D eigenvalue weighted by Crippen LogP contribution is -2.61. The van der Waals surface area contributed by atoms with Gasteiger partial charge in [0, 0.05) is 6.42 Å². The quantitative estimate of drug-likeness (QED) is 0.0173. The first kappa shape index (κ1) is 67.0. The topological polar surface area (TPSA) is 214 Å². The number of hydrogen-bond acceptors (Lipinski definition) is 14. The van der Waals surface area contributed by atoms with E-state index in [9.17, 15) is 40.5 Å². The second-order valence-corrected chi connectivity index (χ2v) is 18.3. The van der Waals surface area contributed by atoms with Crippen LogP contribution in [0.2, 0.25) is 0 Å². The minimum Gasteiger partial charge on any atom is -0.457 e. The number of rotatable bonds is 41. The first-order valence-electron chi connectivity index (χ1n) is 27.4. The van der Waals surface area contributed by atoms with Crippen LogP contribution in [0.4, 0.5) is 0 Å². The van der Waals surface area contributed by atoms with E-state index in [0.29, 0.717) is 19.4 Å². The zero-order valence-corrected chi connectivity index (χ0v) is 45.0. The van der Waals surface area contributed by atoms with Crippen LogP contribution >= 0.6 is 0 Å². The maximum absolute atomic E-state index is 13.0. The molecule has 2 saturated heterocycles. The second-order valence-electron chi connectivity index (χ2n) is 18.3. The molecule has 2 aliphatic rings. The lowest BCUT2D eigenvalue weighted by molar-refractivity contribution is -0.332. The third-order valence-corrected chi connectivity index (χ3v) is 11.9. The Morgan fingerprint density at radius 1 is 0.440 bits per heavy atom. The molecule has 2 rings (SSSR count). The largest absolute Gasteiger partial charge is 0.457 e. The van der Waals surface area contributed by atoms with Crippen LogP contribution in [0.3, 0.4) is 0 Å². The minimum absolute atomic E-state index is 0.0182. The van der Waals surface area contributed by atoms with Gasteiger partial charge >= 0.3 is 5.97 Å². The molecule has 0 aromatic rings. The Kier molecular flexibility index (Phi) is 41.1. The molecule has 2 heterocycles. The molecule has 14 heteroatoms. The van der Waals surface area contributed by atoms with E-state index in [0.717, 1.165) is 96.3 Å². The highest BCUT2D eigenvalue weighted by molar-refractivity contribution is 5.69. The van der Waals surface area contributed by atoms with E-state index in [1.54, 1.807) is 0 Å². The molecule has 0 aliphatic carbocycles. The van der Waals surface area contributed by atoms with Crippen LogP contribution in [0.1, 0.15) is 129 Å². The minimum atomic E-state index is -1.74. The van der Waals surface area contributed by atoms with Gasteiger partial charge in [-0.25, -0.2) is 0 Å². The molecule has 0 aromatic heterocycles. The monoisotopic (exact) mass is 1050 g/mol. The molecule has 2 aliphatic heterocycles. The highest BCUT2D eigenvalue weighted by Crippen LogP contribution is 2.26. The summed E-state index contributed by atoms with van der Waals surface area (Å²) in [7, 11) is 0. The molecule has 14 nitrogen and oxygen atoms in total. The molecule has 0 aromatic carbocycles. The molecule has 422 valence electrons. The first-order valence-corrected chi connectivity index (χ1v) is 27.4.